The van der Waals surface area contributed by atoms with Crippen molar-refractivity contribution in [3.8, 4) is 11.5 Å². The molecule has 0 saturated carbocycles. The van der Waals surface area contributed by atoms with E-state index in [-0.39, 0.29) is 23.8 Å². The van der Waals surface area contributed by atoms with Gasteiger partial charge in [0.1, 0.15) is 11.5 Å². The first-order valence-corrected chi connectivity index (χ1v) is 8.55. The molecule has 0 spiro atoms. The van der Waals surface area contributed by atoms with E-state index in [1.54, 1.807) is 29.2 Å². The molecule has 4 N–H and O–H groups in total. The highest BCUT2D eigenvalue weighted by molar-refractivity contribution is 5.96. The van der Waals surface area contributed by atoms with Crippen molar-refractivity contribution in [1.82, 2.24) is 0 Å². The van der Waals surface area contributed by atoms with E-state index < -0.39 is 6.04 Å². The molecular weight excluding hydrogens is 316 g/mol. The van der Waals surface area contributed by atoms with Crippen molar-refractivity contribution < 1.29 is 15.0 Å². The largest absolute Gasteiger partial charge is 0.508 e. The molecule has 1 amide bonds. The third-order valence-electron chi connectivity index (χ3n) is 4.84. The minimum atomic E-state index is -0.454. The van der Waals surface area contributed by atoms with E-state index in [1.165, 1.54) is 0 Å². The summed E-state index contributed by atoms with van der Waals surface area (Å²) in [5.41, 5.74) is 10.6. The van der Waals surface area contributed by atoms with Gasteiger partial charge in [0.05, 0.1) is 5.69 Å². The molecule has 1 aliphatic rings. The van der Waals surface area contributed by atoms with Crippen molar-refractivity contribution in [2.24, 2.45) is 5.73 Å². The number of phenolic OH excluding ortho intramolecular Hbond substituents is 2. The highest BCUT2D eigenvalue weighted by atomic mass is 16.3. The summed E-state index contributed by atoms with van der Waals surface area (Å²) in [4.78, 5) is 14.5. The number of carbonyl (C=O) groups is 1. The maximum atomic E-state index is 12.9. The zero-order valence-electron chi connectivity index (χ0n) is 14.6. The third kappa shape index (κ3) is 3.33. The lowest BCUT2D eigenvalue weighted by molar-refractivity contribution is -0.119. The van der Waals surface area contributed by atoms with Gasteiger partial charge in [0.15, 0.2) is 0 Å². The molecule has 1 unspecified atom stereocenters. The zero-order valence-corrected chi connectivity index (χ0v) is 14.6. The molecule has 0 bridgehead atoms. The van der Waals surface area contributed by atoms with Gasteiger partial charge in [-0.25, -0.2) is 0 Å². The van der Waals surface area contributed by atoms with Gasteiger partial charge in [0.2, 0.25) is 5.91 Å². The number of phenols is 2. The average molecular weight is 340 g/mol. The van der Waals surface area contributed by atoms with Crippen LogP contribution in [0.3, 0.4) is 0 Å². The first kappa shape index (κ1) is 17.3. The van der Waals surface area contributed by atoms with Crippen molar-refractivity contribution >= 4 is 11.6 Å². The number of aryl methyl sites for hydroxylation is 3. The third-order valence-corrected chi connectivity index (χ3v) is 4.84. The second-order valence-electron chi connectivity index (χ2n) is 6.74. The Morgan fingerprint density at radius 3 is 2.60 bits per heavy atom. The van der Waals surface area contributed by atoms with Crippen LogP contribution in [0, 0.1) is 13.8 Å². The Morgan fingerprint density at radius 1 is 1.24 bits per heavy atom. The topological polar surface area (TPSA) is 86.8 Å². The second-order valence-corrected chi connectivity index (χ2v) is 6.74. The number of carbonyl (C=O) groups excluding carboxylic acids is 1. The lowest BCUT2D eigenvalue weighted by Gasteiger charge is -2.31. The van der Waals surface area contributed by atoms with Crippen molar-refractivity contribution in [2.75, 3.05) is 11.4 Å². The fraction of sp³-hybridized carbons (Fsp3) is 0.350. The molecule has 25 heavy (non-hydrogen) atoms. The lowest BCUT2D eigenvalue weighted by atomic mass is 9.93. The smallest absolute Gasteiger partial charge is 0.229 e. The fourth-order valence-corrected chi connectivity index (χ4v) is 3.82. The lowest BCUT2D eigenvalue weighted by Crippen LogP contribution is -2.37. The van der Waals surface area contributed by atoms with Crippen LogP contribution in [0.25, 0.3) is 0 Å². The van der Waals surface area contributed by atoms with Gasteiger partial charge in [-0.15, -0.1) is 0 Å². The zero-order chi connectivity index (χ0) is 18.1. The Bertz CT molecular complexity index is 794. The first-order chi connectivity index (χ1) is 11.9. The van der Waals surface area contributed by atoms with E-state index in [9.17, 15) is 15.0 Å². The minimum absolute atomic E-state index is 0.0955. The van der Waals surface area contributed by atoms with Crippen LogP contribution in [-0.2, 0) is 11.2 Å². The van der Waals surface area contributed by atoms with Crippen LogP contribution in [0.15, 0.2) is 30.3 Å². The summed E-state index contributed by atoms with van der Waals surface area (Å²) in [5, 5.41) is 19.9. The minimum Gasteiger partial charge on any atom is -0.508 e. The normalized spacial score (nSPS) is 14.9. The molecule has 3 rings (SSSR count). The summed E-state index contributed by atoms with van der Waals surface area (Å²) in [6, 6.07) is 8.23. The van der Waals surface area contributed by atoms with E-state index in [1.807, 2.05) is 19.9 Å². The summed E-state index contributed by atoms with van der Waals surface area (Å²) in [7, 11) is 0. The summed E-state index contributed by atoms with van der Waals surface area (Å²) in [5.74, 6) is 0.241. The molecule has 0 fully saturated rings. The maximum Gasteiger partial charge on any atom is 0.229 e. The number of nitrogens with two attached hydrogens (primary N) is 1. The number of hydrogen-bond donors (Lipinski definition) is 3. The Labute approximate surface area is 147 Å². The molecule has 132 valence electrons. The van der Waals surface area contributed by atoms with E-state index >= 15 is 0 Å². The summed E-state index contributed by atoms with van der Waals surface area (Å²) >= 11 is 0. The van der Waals surface area contributed by atoms with Crippen LogP contribution in [0.5, 0.6) is 11.5 Å². The predicted molar refractivity (Wildman–Crippen MR) is 97.9 cm³/mol. The highest BCUT2D eigenvalue weighted by Crippen LogP contribution is 2.36. The van der Waals surface area contributed by atoms with Gasteiger partial charge in [-0.05, 0) is 67.1 Å². The molecule has 1 atom stereocenters. The van der Waals surface area contributed by atoms with Crippen LogP contribution in [-0.4, -0.2) is 22.7 Å². The van der Waals surface area contributed by atoms with E-state index in [2.05, 4.69) is 0 Å². The van der Waals surface area contributed by atoms with Crippen LogP contribution in [0.1, 0.15) is 41.1 Å². The summed E-state index contributed by atoms with van der Waals surface area (Å²) in [6.07, 6.45) is 1.88. The molecule has 2 aromatic carbocycles. The van der Waals surface area contributed by atoms with E-state index in [0.717, 1.165) is 35.1 Å². The number of benzene rings is 2. The van der Waals surface area contributed by atoms with Gasteiger partial charge in [-0.1, -0.05) is 12.1 Å². The molecule has 0 aliphatic carbocycles. The number of nitrogens with zero attached hydrogens (tertiary/aromatic N) is 1. The summed E-state index contributed by atoms with van der Waals surface area (Å²) in [6.45, 7) is 4.35. The van der Waals surface area contributed by atoms with Gasteiger partial charge in [0, 0.05) is 19.0 Å². The highest BCUT2D eigenvalue weighted by Gasteiger charge is 2.27. The second kappa shape index (κ2) is 6.76. The number of amides is 1. The predicted octanol–water partition coefficient (Wildman–Crippen LogP) is 3.08. The molecule has 1 aliphatic heterocycles. The molecule has 1 heterocycles. The van der Waals surface area contributed by atoms with Gasteiger partial charge in [-0.3, -0.25) is 4.79 Å². The van der Waals surface area contributed by atoms with Crippen LogP contribution < -0.4 is 10.6 Å². The first-order valence-electron chi connectivity index (χ1n) is 8.55. The SMILES string of the molecule is Cc1cc(O)cc(C)c1C(N)CC(=O)N1CCCc2cccc(O)c21. The molecule has 0 radical (unpaired) electrons. The van der Waals surface area contributed by atoms with E-state index in [0.29, 0.717) is 12.2 Å². The molecule has 5 heteroatoms. The van der Waals surface area contributed by atoms with Crippen molar-refractivity contribution in [2.45, 2.75) is 39.2 Å². The monoisotopic (exact) mass is 340 g/mol. The van der Waals surface area contributed by atoms with Gasteiger partial charge >= 0.3 is 0 Å². The van der Waals surface area contributed by atoms with Crippen molar-refractivity contribution in [3.63, 3.8) is 0 Å². The Morgan fingerprint density at radius 2 is 1.92 bits per heavy atom. The standard InChI is InChI=1S/C20H24N2O3/c1-12-9-15(23)10-13(2)19(12)16(21)11-18(25)22-8-4-6-14-5-3-7-17(24)20(14)22/h3,5,7,9-10,16,23-24H,4,6,8,11,21H2,1-2H3. The fourth-order valence-electron chi connectivity index (χ4n) is 3.82. The number of para-hydroxylation sites is 1. The molecule has 0 saturated heterocycles. The van der Waals surface area contributed by atoms with Crippen LogP contribution >= 0.6 is 0 Å². The number of rotatable bonds is 3. The molecule has 2 aromatic rings. The number of aromatic hydroxyl groups is 2. The van der Waals surface area contributed by atoms with Gasteiger partial charge in [0.25, 0.3) is 0 Å². The Hall–Kier alpha value is -2.53. The summed E-state index contributed by atoms with van der Waals surface area (Å²) < 4.78 is 0. The average Bonchev–Trinajstić information content (AvgIpc) is 2.53. The van der Waals surface area contributed by atoms with Crippen molar-refractivity contribution in [1.29, 1.82) is 0 Å². The van der Waals surface area contributed by atoms with Crippen LogP contribution in [0.2, 0.25) is 0 Å². The van der Waals surface area contributed by atoms with Gasteiger partial charge < -0.3 is 20.8 Å². The quantitative estimate of drug-likeness (QED) is 0.801. The van der Waals surface area contributed by atoms with Crippen molar-refractivity contribution in [3.05, 3.63) is 52.6 Å². The number of fused-ring (bicyclic) bond motifs is 1. The number of hydrogen-bond acceptors (Lipinski definition) is 4. The molecular formula is C20H24N2O3. The van der Waals surface area contributed by atoms with E-state index in [4.69, 9.17) is 5.73 Å². The molecule has 0 aromatic heterocycles. The number of anilines is 1. The Balaban J connectivity index is 1.85. The maximum absolute atomic E-state index is 12.9. The molecule has 5 nitrogen and oxygen atoms in total. The van der Waals surface area contributed by atoms with Crippen LogP contribution in [0.4, 0.5) is 5.69 Å². The van der Waals surface area contributed by atoms with Gasteiger partial charge in [-0.2, -0.15) is 0 Å². The Kier molecular flexibility index (Phi) is 4.68.